The van der Waals surface area contributed by atoms with E-state index in [0.717, 1.165) is 16.8 Å². The Morgan fingerprint density at radius 2 is 1.92 bits per heavy atom. The largest absolute Gasteiger partial charge is 0.338 e. The Labute approximate surface area is 147 Å². The van der Waals surface area contributed by atoms with Gasteiger partial charge in [-0.3, -0.25) is 4.90 Å². The van der Waals surface area contributed by atoms with Crippen molar-refractivity contribution in [2.24, 2.45) is 0 Å². The van der Waals surface area contributed by atoms with E-state index in [2.05, 4.69) is 10.0 Å². The van der Waals surface area contributed by atoms with E-state index in [-0.39, 0.29) is 17.5 Å². The van der Waals surface area contributed by atoms with E-state index in [9.17, 15) is 13.2 Å². The van der Waals surface area contributed by atoms with E-state index in [1.807, 2.05) is 37.3 Å². The first-order chi connectivity index (χ1) is 12.0. The molecule has 1 heterocycles. The maximum absolute atomic E-state index is 12.5. The number of benzene rings is 2. The Balaban J connectivity index is 1.76. The van der Waals surface area contributed by atoms with Gasteiger partial charge in [0.05, 0.1) is 4.90 Å². The zero-order chi connectivity index (χ0) is 17.9. The lowest BCUT2D eigenvalue weighted by molar-refractivity contribution is 0.247. The van der Waals surface area contributed by atoms with Crippen molar-refractivity contribution in [1.29, 1.82) is 0 Å². The fourth-order valence-corrected chi connectivity index (χ4v) is 3.93. The lowest BCUT2D eigenvalue weighted by atomic mass is 10.2. The molecule has 0 fully saturated rings. The molecule has 1 aliphatic rings. The molecular formula is C18H21N3O3S. The summed E-state index contributed by atoms with van der Waals surface area (Å²) in [5, 5.41) is 2.77. The van der Waals surface area contributed by atoms with Crippen LogP contribution in [0.4, 0.5) is 10.5 Å². The summed E-state index contributed by atoms with van der Waals surface area (Å²) in [5.41, 5.74) is 2.54. The van der Waals surface area contributed by atoms with Crippen LogP contribution in [0.25, 0.3) is 0 Å². The van der Waals surface area contributed by atoms with Gasteiger partial charge in [-0.2, -0.15) is 0 Å². The second-order valence-electron chi connectivity index (χ2n) is 5.84. The number of anilines is 1. The number of urea groups is 1. The van der Waals surface area contributed by atoms with Gasteiger partial charge < -0.3 is 5.32 Å². The van der Waals surface area contributed by atoms with E-state index in [1.165, 1.54) is 0 Å². The number of rotatable bonds is 5. The molecule has 0 saturated carbocycles. The Hall–Kier alpha value is -2.38. The van der Waals surface area contributed by atoms with Crippen molar-refractivity contribution in [2.45, 2.75) is 24.8 Å². The summed E-state index contributed by atoms with van der Waals surface area (Å²) in [7, 11) is -3.60. The molecule has 2 aromatic carbocycles. The van der Waals surface area contributed by atoms with Crippen LogP contribution in [0.1, 0.15) is 18.1 Å². The first kappa shape index (κ1) is 17.4. The number of nitrogens with zero attached hydrogens (tertiary/aromatic N) is 1. The molecule has 132 valence electrons. The second kappa shape index (κ2) is 7.25. The third-order valence-electron chi connectivity index (χ3n) is 4.14. The first-order valence-electron chi connectivity index (χ1n) is 8.23. The van der Waals surface area contributed by atoms with E-state index < -0.39 is 10.0 Å². The summed E-state index contributed by atoms with van der Waals surface area (Å²) in [5.74, 6) is 0. The van der Waals surface area contributed by atoms with Gasteiger partial charge in [-0.25, -0.2) is 17.9 Å². The molecule has 2 aromatic rings. The lowest BCUT2D eigenvalue weighted by Crippen LogP contribution is -2.38. The molecule has 0 spiro atoms. The average molecular weight is 359 g/mol. The third-order valence-corrected chi connectivity index (χ3v) is 5.54. The molecule has 2 amide bonds. The lowest BCUT2D eigenvalue weighted by Gasteiger charge is -2.17. The number of hydrogen-bond acceptors (Lipinski definition) is 3. The van der Waals surface area contributed by atoms with Crippen LogP contribution >= 0.6 is 0 Å². The van der Waals surface area contributed by atoms with Gasteiger partial charge in [-0.1, -0.05) is 30.3 Å². The highest BCUT2D eigenvalue weighted by atomic mass is 32.2. The summed E-state index contributed by atoms with van der Waals surface area (Å²) < 4.78 is 27.7. The smallest absolute Gasteiger partial charge is 0.321 e. The normalized spacial score (nSPS) is 13.6. The Morgan fingerprint density at radius 3 is 2.64 bits per heavy atom. The number of hydrogen-bond donors (Lipinski definition) is 2. The minimum absolute atomic E-state index is 0.154. The topological polar surface area (TPSA) is 78.5 Å². The Bertz CT molecular complexity index is 866. The first-order valence-corrected chi connectivity index (χ1v) is 9.71. The summed E-state index contributed by atoms with van der Waals surface area (Å²) >= 11 is 0. The number of fused-ring (bicyclic) bond motifs is 1. The predicted molar refractivity (Wildman–Crippen MR) is 97.0 cm³/mol. The summed E-state index contributed by atoms with van der Waals surface area (Å²) in [4.78, 5) is 13.9. The van der Waals surface area contributed by atoms with E-state index in [0.29, 0.717) is 19.5 Å². The van der Waals surface area contributed by atoms with E-state index in [1.54, 1.807) is 23.1 Å². The number of sulfonamides is 1. The van der Waals surface area contributed by atoms with Gasteiger partial charge in [0, 0.05) is 25.3 Å². The monoisotopic (exact) mass is 359 g/mol. The molecule has 0 unspecified atom stereocenters. The van der Waals surface area contributed by atoms with Crippen molar-refractivity contribution in [3.8, 4) is 0 Å². The highest BCUT2D eigenvalue weighted by Crippen LogP contribution is 2.30. The molecule has 0 bridgehead atoms. The van der Waals surface area contributed by atoms with Crippen molar-refractivity contribution in [3.63, 3.8) is 0 Å². The molecule has 7 heteroatoms. The van der Waals surface area contributed by atoms with Gasteiger partial charge in [-0.15, -0.1) is 0 Å². The molecule has 0 aliphatic carbocycles. The Morgan fingerprint density at radius 1 is 1.16 bits per heavy atom. The van der Waals surface area contributed by atoms with Gasteiger partial charge in [0.1, 0.15) is 0 Å². The predicted octanol–water partition coefficient (Wildman–Crippen LogP) is 2.26. The average Bonchev–Trinajstić information content (AvgIpc) is 3.04. The van der Waals surface area contributed by atoms with Gasteiger partial charge in [-0.05, 0) is 42.7 Å². The third kappa shape index (κ3) is 3.83. The SMILES string of the molecule is CCNC(=O)N1CCc2cc(S(=O)(=O)NCc3ccccc3)ccc21. The van der Waals surface area contributed by atoms with Crippen LogP contribution in [0.3, 0.4) is 0 Å². The van der Waals surface area contributed by atoms with Crippen molar-refractivity contribution in [1.82, 2.24) is 10.0 Å². The molecule has 25 heavy (non-hydrogen) atoms. The fraction of sp³-hybridized carbons (Fsp3) is 0.278. The zero-order valence-electron chi connectivity index (χ0n) is 14.0. The van der Waals surface area contributed by atoms with Gasteiger partial charge >= 0.3 is 6.03 Å². The van der Waals surface area contributed by atoms with Crippen molar-refractivity contribution < 1.29 is 13.2 Å². The van der Waals surface area contributed by atoms with Crippen molar-refractivity contribution >= 4 is 21.7 Å². The number of carbonyl (C=O) groups is 1. The van der Waals surface area contributed by atoms with Crippen LogP contribution in [-0.4, -0.2) is 27.5 Å². The minimum Gasteiger partial charge on any atom is -0.338 e. The summed E-state index contributed by atoms with van der Waals surface area (Å²) in [6, 6.07) is 14.1. The van der Waals surface area contributed by atoms with Gasteiger partial charge in [0.2, 0.25) is 10.0 Å². The van der Waals surface area contributed by atoms with Crippen molar-refractivity contribution in [2.75, 3.05) is 18.0 Å². The quantitative estimate of drug-likeness (QED) is 0.859. The molecule has 0 radical (unpaired) electrons. The van der Waals surface area contributed by atoms with Crippen LogP contribution in [0, 0.1) is 0 Å². The molecule has 0 atom stereocenters. The second-order valence-corrected chi connectivity index (χ2v) is 7.60. The molecule has 3 rings (SSSR count). The Kier molecular flexibility index (Phi) is 5.06. The fourth-order valence-electron chi connectivity index (χ4n) is 2.86. The summed E-state index contributed by atoms with van der Waals surface area (Å²) in [6.45, 7) is 3.22. The standard InChI is InChI=1S/C18H21N3O3S/c1-2-19-18(22)21-11-10-15-12-16(8-9-17(15)21)25(23,24)20-13-14-6-4-3-5-7-14/h3-9,12,20H,2,10-11,13H2,1H3,(H,19,22). The molecule has 1 aliphatic heterocycles. The van der Waals surface area contributed by atoms with E-state index >= 15 is 0 Å². The molecule has 2 N–H and O–H groups in total. The molecule has 0 aromatic heterocycles. The number of nitrogens with one attached hydrogen (secondary N) is 2. The number of amides is 2. The summed E-state index contributed by atoms with van der Waals surface area (Å²) in [6.07, 6.45) is 0.647. The van der Waals surface area contributed by atoms with Crippen LogP contribution in [-0.2, 0) is 23.0 Å². The van der Waals surface area contributed by atoms with Gasteiger partial charge in [0.15, 0.2) is 0 Å². The van der Waals surface area contributed by atoms with Crippen LogP contribution in [0.15, 0.2) is 53.4 Å². The van der Waals surface area contributed by atoms with Crippen LogP contribution in [0.2, 0.25) is 0 Å². The van der Waals surface area contributed by atoms with E-state index in [4.69, 9.17) is 0 Å². The highest BCUT2D eigenvalue weighted by Gasteiger charge is 2.26. The minimum atomic E-state index is -3.60. The van der Waals surface area contributed by atoms with Crippen LogP contribution in [0.5, 0.6) is 0 Å². The molecule has 0 saturated heterocycles. The molecule has 6 nitrogen and oxygen atoms in total. The highest BCUT2D eigenvalue weighted by molar-refractivity contribution is 7.89. The van der Waals surface area contributed by atoms with Crippen LogP contribution < -0.4 is 14.9 Å². The maximum atomic E-state index is 12.5. The van der Waals surface area contributed by atoms with Crippen molar-refractivity contribution in [3.05, 3.63) is 59.7 Å². The zero-order valence-corrected chi connectivity index (χ0v) is 14.8. The van der Waals surface area contributed by atoms with Gasteiger partial charge in [0.25, 0.3) is 0 Å². The maximum Gasteiger partial charge on any atom is 0.321 e. The molecular weight excluding hydrogens is 338 g/mol. The number of carbonyl (C=O) groups excluding carboxylic acids is 1.